The first-order valence-corrected chi connectivity index (χ1v) is 10.9. The van der Waals surface area contributed by atoms with Crippen molar-refractivity contribution in [2.75, 3.05) is 47.0 Å². The van der Waals surface area contributed by atoms with Gasteiger partial charge in [0.15, 0.2) is 6.04 Å². The van der Waals surface area contributed by atoms with Crippen molar-refractivity contribution in [3.8, 4) is 5.75 Å². The third-order valence-corrected chi connectivity index (χ3v) is 6.10. The molecule has 0 spiro atoms. The molecule has 0 unspecified atom stereocenters. The summed E-state index contributed by atoms with van der Waals surface area (Å²) < 4.78 is 12.7. The van der Waals surface area contributed by atoms with Crippen molar-refractivity contribution in [2.45, 2.75) is 19.1 Å². The molecule has 1 aliphatic rings. The van der Waals surface area contributed by atoms with Crippen LogP contribution >= 0.6 is 0 Å². The van der Waals surface area contributed by atoms with Crippen LogP contribution in [0.15, 0.2) is 54.6 Å². The molecule has 1 atom stereocenters. The second-order valence-corrected chi connectivity index (χ2v) is 7.99. The monoisotopic (exact) mass is 424 g/mol. The summed E-state index contributed by atoms with van der Waals surface area (Å²) in [7, 11) is 3.45. The summed E-state index contributed by atoms with van der Waals surface area (Å²) in [5.74, 6) is 1.88. The largest absolute Gasteiger partial charge is 0.496 e. The van der Waals surface area contributed by atoms with Crippen LogP contribution < -0.4 is 14.5 Å². The highest BCUT2D eigenvalue weighted by Crippen LogP contribution is 2.17. The van der Waals surface area contributed by atoms with E-state index in [1.165, 1.54) is 16.0 Å². The molecule has 8 nitrogen and oxygen atoms in total. The zero-order valence-electron chi connectivity index (χ0n) is 18.3. The lowest BCUT2D eigenvalue weighted by Crippen LogP contribution is -3.27. The minimum atomic E-state index is 0.112. The van der Waals surface area contributed by atoms with E-state index in [0.717, 1.165) is 44.3 Å². The zero-order chi connectivity index (χ0) is 21.5. The van der Waals surface area contributed by atoms with E-state index >= 15 is 0 Å². The molecule has 8 heteroatoms. The Balaban J connectivity index is 1.50. The number of para-hydroxylation sites is 1. The molecule has 1 aliphatic heterocycles. The van der Waals surface area contributed by atoms with E-state index in [0.29, 0.717) is 13.2 Å². The second-order valence-electron chi connectivity index (χ2n) is 7.99. The molecule has 1 saturated heterocycles. The minimum Gasteiger partial charge on any atom is -0.496 e. The van der Waals surface area contributed by atoms with Gasteiger partial charge in [-0.15, -0.1) is 5.10 Å². The van der Waals surface area contributed by atoms with Gasteiger partial charge in [-0.2, -0.15) is 0 Å². The van der Waals surface area contributed by atoms with E-state index in [2.05, 4.69) is 58.0 Å². The van der Waals surface area contributed by atoms with Crippen molar-refractivity contribution in [3.05, 3.63) is 71.5 Å². The Morgan fingerprint density at radius 1 is 0.968 bits per heavy atom. The fourth-order valence-corrected chi connectivity index (χ4v) is 4.48. The van der Waals surface area contributed by atoms with E-state index < -0.39 is 0 Å². The number of quaternary nitrogens is 2. The predicted molar refractivity (Wildman–Crippen MR) is 116 cm³/mol. The van der Waals surface area contributed by atoms with Gasteiger partial charge in [0.2, 0.25) is 5.82 Å². The van der Waals surface area contributed by atoms with Crippen LogP contribution in [0.2, 0.25) is 0 Å². The predicted octanol–water partition coefficient (Wildman–Crippen LogP) is -0.599. The summed E-state index contributed by atoms with van der Waals surface area (Å²) in [4.78, 5) is 3.09. The first-order chi connectivity index (χ1) is 15.3. The van der Waals surface area contributed by atoms with Gasteiger partial charge < -0.3 is 19.3 Å². The quantitative estimate of drug-likeness (QED) is 0.480. The van der Waals surface area contributed by atoms with Gasteiger partial charge in [-0.1, -0.05) is 42.5 Å². The molecule has 164 valence electrons. The van der Waals surface area contributed by atoms with Crippen LogP contribution in [0.4, 0.5) is 0 Å². The van der Waals surface area contributed by atoms with Crippen LogP contribution in [-0.2, 0) is 17.8 Å². The number of benzene rings is 2. The van der Waals surface area contributed by atoms with Gasteiger partial charge in [0.1, 0.15) is 38.5 Å². The first kappa shape index (κ1) is 21.4. The molecular weight excluding hydrogens is 392 g/mol. The number of piperazine rings is 1. The number of tetrazole rings is 1. The molecule has 0 aliphatic carbocycles. The molecule has 3 aromatic rings. The second kappa shape index (κ2) is 10.5. The van der Waals surface area contributed by atoms with Gasteiger partial charge >= 0.3 is 0 Å². The van der Waals surface area contributed by atoms with Crippen LogP contribution in [0.3, 0.4) is 0 Å². The summed E-state index contributed by atoms with van der Waals surface area (Å²) in [6, 6.07) is 19.0. The van der Waals surface area contributed by atoms with E-state index in [1.54, 1.807) is 19.1 Å². The van der Waals surface area contributed by atoms with Crippen LogP contribution in [0, 0.1) is 0 Å². The lowest BCUT2D eigenvalue weighted by Gasteiger charge is -2.34. The standard InChI is InChI=1S/C23H30N6O2/c1-30-17-16-29-23(24-25-26-29)22(19-8-4-3-5-9-19)28-14-12-27(13-15-28)18-20-10-6-7-11-21(20)31-2/h3-11,22H,12-18H2,1-2H3/p+2/t22-/m0/s1. The third-order valence-electron chi connectivity index (χ3n) is 6.10. The highest BCUT2D eigenvalue weighted by molar-refractivity contribution is 5.32. The van der Waals surface area contributed by atoms with Crippen molar-refractivity contribution in [2.24, 2.45) is 0 Å². The average molecular weight is 425 g/mol. The Morgan fingerprint density at radius 2 is 1.71 bits per heavy atom. The van der Waals surface area contributed by atoms with Crippen LogP contribution in [0.25, 0.3) is 0 Å². The van der Waals surface area contributed by atoms with Gasteiger partial charge in [-0.05, 0) is 22.6 Å². The number of nitrogens with zero attached hydrogens (tertiary/aromatic N) is 4. The molecule has 2 N–H and O–H groups in total. The molecule has 0 saturated carbocycles. The molecule has 1 fully saturated rings. The number of ether oxygens (including phenoxy) is 2. The molecule has 0 amide bonds. The van der Waals surface area contributed by atoms with Gasteiger partial charge in [-0.25, -0.2) is 4.68 Å². The molecule has 4 rings (SSSR count). The fraction of sp³-hybridized carbons (Fsp3) is 0.435. The maximum Gasteiger partial charge on any atom is 0.214 e. The highest BCUT2D eigenvalue weighted by Gasteiger charge is 2.35. The molecule has 0 radical (unpaired) electrons. The summed E-state index contributed by atoms with van der Waals surface area (Å²) in [6.07, 6.45) is 0. The summed E-state index contributed by atoms with van der Waals surface area (Å²) in [5, 5.41) is 12.6. The minimum absolute atomic E-state index is 0.112. The molecule has 31 heavy (non-hydrogen) atoms. The van der Waals surface area contributed by atoms with Crippen LogP contribution in [0.1, 0.15) is 23.0 Å². The summed E-state index contributed by atoms with van der Waals surface area (Å²) >= 11 is 0. The van der Waals surface area contributed by atoms with Crippen molar-refractivity contribution >= 4 is 0 Å². The smallest absolute Gasteiger partial charge is 0.214 e. The Bertz CT molecular complexity index is 940. The van der Waals surface area contributed by atoms with Gasteiger partial charge in [-0.3, -0.25) is 0 Å². The van der Waals surface area contributed by atoms with Crippen molar-refractivity contribution in [1.29, 1.82) is 0 Å². The normalized spacial score (nSPS) is 19.8. The Morgan fingerprint density at radius 3 is 2.45 bits per heavy atom. The molecule has 1 aromatic heterocycles. The number of rotatable bonds is 9. The number of nitrogens with one attached hydrogen (secondary N) is 2. The van der Waals surface area contributed by atoms with Gasteiger partial charge in [0, 0.05) is 18.2 Å². The SMILES string of the molecule is COCCn1nnnc1[C@H](c1ccccc1)[NH+]1CC[NH+](Cc2ccccc2OC)CC1. The number of hydrogen-bond donors (Lipinski definition) is 2. The van der Waals surface area contributed by atoms with E-state index in [9.17, 15) is 0 Å². The number of methoxy groups -OCH3 is 2. The van der Waals surface area contributed by atoms with Crippen molar-refractivity contribution in [1.82, 2.24) is 20.2 Å². The summed E-state index contributed by atoms with van der Waals surface area (Å²) in [6.45, 7) is 6.53. The number of hydrogen-bond acceptors (Lipinski definition) is 5. The molecule has 0 bridgehead atoms. The number of aromatic nitrogens is 4. The van der Waals surface area contributed by atoms with Crippen molar-refractivity contribution < 1.29 is 19.3 Å². The average Bonchev–Trinajstić information content (AvgIpc) is 3.28. The zero-order valence-corrected chi connectivity index (χ0v) is 18.3. The van der Waals surface area contributed by atoms with E-state index in [-0.39, 0.29) is 6.04 Å². The molecule has 2 aromatic carbocycles. The Labute approximate surface area is 183 Å². The van der Waals surface area contributed by atoms with Gasteiger partial charge in [0.25, 0.3) is 0 Å². The Kier molecular flexibility index (Phi) is 7.24. The summed E-state index contributed by atoms with van der Waals surface area (Å²) in [5.41, 5.74) is 2.52. The van der Waals surface area contributed by atoms with Crippen LogP contribution in [0.5, 0.6) is 5.75 Å². The van der Waals surface area contributed by atoms with Crippen molar-refractivity contribution in [3.63, 3.8) is 0 Å². The highest BCUT2D eigenvalue weighted by atomic mass is 16.5. The van der Waals surface area contributed by atoms with E-state index in [4.69, 9.17) is 9.47 Å². The lowest BCUT2D eigenvalue weighted by molar-refractivity contribution is -1.03. The van der Waals surface area contributed by atoms with Crippen LogP contribution in [-0.4, -0.2) is 67.2 Å². The van der Waals surface area contributed by atoms with E-state index in [1.807, 2.05) is 16.8 Å². The third kappa shape index (κ3) is 5.10. The molecular formula is C23H32N6O2+2. The maximum atomic E-state index is 5.54. The first-order valence-electron chi connectivity index (χ1n) is 10.9. The van der Waals surface area contributed by atoms with Gasteiger partial charge in [0.05, 0.1) is 20.3 Å². The topological polar surface area (TPSA) is 70.9 Å². The fourth-order valence-electron chi connectivity index (χ4n) is 4.48. The Hall–Kier alpha value is -2.81. The maximum absolute atomic E-state index is 5.54. The molecule has 2 heterocycles. The lowest BCUT2D eigenvalue weighted by atomic mass is 10.0.